The van der Waals surface area contributed by atoms with E-state index in [1.165, 1.54) is 6.07 Å². The topological polar surface area (TPSA) is 26.0 Å². The Labute approximate surface area is 94.4 Å². The minimum atomic E-state index is -0.222. The van der Waals surface area contributed by atoms with Crippen molar-refractivity contribution in [1.82, 2.24) is 0 Å². The second-order valence-corrected chi connectivity index (χ2v) is 4.88. The van der Waals surface area contributed by atoms with Gasteiger partial charge in [0.05, 0.1) is 5.02 Å². The fourth-order valence-electron chi connectivity index (χ4n) is 2.18. The van der Waals surface area contributed by atoms with E-state index in [1.807, 2.05) is 13.8 Å². The zero-order chi connectivity index (χ0) is 11.2. The molecule has 0 aliphatic heterocycles. The van der Waals surface area contributed by atoms with E-state index < -0.39 is 0 Å². The summed E-state index contributed by atoms with van der Waals surface area (Å²) in [5, 5.41) is 0.546. The number of benzene rings is 1. The molecule has 0 spiro atoms. The molecule has 1 aromatic carbocycles. The van der Waals surface area contributed by atoms with Gasteiger partial charge in [0, 0.05) is 17.0 Å². The molecule has 2 rings (SSSR count). The Balaban J connectivity index is 2.57. The number of hydrogen-bond donors (Lipinski definition) is 1. The summed E-state index contributed by atoms with van der Waals surface area (Å²) in [4.78, 5) is 0. The van der Waals surface area contributed by atoms with Crippen molar-refractivity contribution in [3.8, 4) is 0 Å². The van der Waals surface area contributed by atoms with Crippen LogP contribution in [-0.4, -0.2) is 6.04 Å². The lowest BCUT2D eigenvalue weighted by atomic mass is 9.88. The van der Waals surface area contributed by atoms with E-state index in [0.29, 0.717) is 10.6 Å². The first-order chi connectivity index (χ1) is 6.99. The molecule has 15 heavy (non-hydrogen) atoms. The minimum Gasteiger partial charge on any atom is -0.327 e. The molecule has 1 fully saturated rings. The standard InChI is InChI=1S/C12H15ClFN/c1-7-3-4-9(14)10(11(7)13)12(5-6-12)8(2)15/h3-4,8H,5-6,15H2,1-2H3. The van der Waals surface area contributed by atoms with Gasteiger partial charge in [-0.05, 0) is 38.3 Å². The molecule has 1 aliphatic rings. The Morgan fingerprint density at radius 2 is 2.07 bits per heavy atom. The molecule has 82 valence electrons. The van der Waals surface area contributed by atoms with Gasteiger partial charge in [0.2, 0.25) is 0 Å². The van der Waals surface area contributed by atoms with E-state index in [-0.39, 0.29) is 17.3 Å². The van der Waals surface area contributed by atoms with Crippen LogP contribution >= 0.6 is 11.6 Å². The fraction of sp³-hybridized carbons (Fsp3) is 0.500. The number of halogens is 2. The van der Waals surface area contributed by atoms with Crippen molar-refractivity contribution in [3.05, 3.63) is 34.1 Å². The van der Waals surface area contributed by atoms with Crippen molar-refractivity contribution in [2.24, 2.45) is 5.73 Å². The molecule has 0 bridgehead atoms. The lowest BCUT2D eigenvalue weighted by Crippen LogP contribution is -2.32. The van der Waals surface area contributed by atoms with Crippen LogP contribution in [0, 0.1) is 12.7 Å². The minimum absolute atomic E-state index is 0.0497. The second-order valence-electron chi connectivity index (χ2n) is 4.50. The van der Waals surface area contributed by atoms with Gasteiger partial charge in [-0.3, -0.25) is 0 Å². The second kappa shape index (κ2) is 3.46. The van der Waals surface area contributed by atoms with E-state index in [0.717, 1.165) is 18.4 Å². The summed E-state index contributed by atoms with van der Waals surface area (Å²) in [6.07, 6.45) is 1.87. The first kappa shape index (κ1) is 10.9. The molecule has 3 heteroatoms. The summed E-state index contributed by atoms with van der Waals surface area (Å²) >= 11 is 6.17. The fourth-order valence-corrected chi connectivity index (χ4v) is 2.52. The molecule has 0 radical (unpaired) electrons. The van der Waals surface area contributed by atoms with Crippen molar-refractivity contribution in [2.45, 2.75) is 38.1 Å². The van der Waals surface area contributed by atoms with E-state index in [4.69, 9.17) is 17.3 Å². The molecule has 0 heterocycles. The first-order valence-electron chi connectivity index (χ1n) is 5.20. The van der Waals surface area contributed by atoms with E-state index in [9.17, 15) is 4.39 Å². The molecule has 0 aromatic heterocycles. The SMILES string of the molecule is Cc1ccc(F)c(C2(C(C)N)CC2)c1Cl. The molecule has 0 saturated heterocycles. The summed E-state index contributed by atoms with van der Waals surface area (Å²) in [6, 6.07) is 3.14. The van der Waals surface area contributed by atoms with Crippen LogP contribution in [0.3, 0.4) is 0 Å². The van der Waals surface area contributed by atoms with Crippen molar-refractivity contribution in [3.63, 3.8) is 0 Å². The van der Waals surface area contributed by atoms with Gasteiger partial charge in [-0.25, -0.2) is 4.39 Å². The average Bonchev–Trinajstić information content (AvgIpc) is 2.93. The number of hydrogen-bond acceptors (Lipinski definition) is 1. The zero-order valence-electron chi connectivity index (χ0n) is 8.98. The average molecular weight is 228 g/mol. The highest BCUT2D eigenvalue weighted by Crippen LogP contribution is 2.53. The van der Waals surface area contributed by atoms with Gasteiger partial charge in [0.15, 0.2) is 0 Å². The van der Waals surface area contributed by atoms with Crippen LogP contribution in [0.4, 0.5) is 4.39 Å². The summed E-state index contributed by atoms with van der Waals surface area (Å²) < 4.78 is 13.8. The van der Waals surface area contributed by atoms with Gasteiger partial charge >= 0.3 is 0 Å². The lowest BCUT2D eigenvalue weighted by molar-refractivity contribution is 0.512. The van der Waals surface area contributed by atoms with E-state index >= 15 is 0 Å². The Morgan fingerprint density at radius 3 is 2.53 bits per heavy atom. The van der Waals surface area contributed by atoms with Crippen LogP contribution < -0.4 is 5.73 Å². The van der Waals surface area contributed by atoms with Crippen molar-refractivity contribution >= 4 is 11.6 Å². The van der Waals surface area contributed by atoms with Crippen LogP contribution in [0.2, 0.25) is 5.02 Å². The van der Waals surface area contributed by atoms with Crippen molar-refractivity contribution in [1.29, 1.82) is 0 Å². The molecule has 1 aliphatic carbocycles. The maximum atomic E-state index is 13.8. The van der Waals surface area contributed by atoms with Gasteiger partial charge in [-0.2, -0.15) is 0 Å². The van der Waals surface area contributed by atoms with Crippen molar-refractivity contribution < 1.29 is 4.39 Å². The molecule has 1 unspecified atom stereocenters. The zero-order valence-corrected chi connectivity index (χ0v) is 9.74. The molecule has 1 aromatic rings. The third-order valence-corrected chi connectivity index (χ3v) is 3.93. The highest BCUT2D eigenvalue weighted by atomic mass is 35.5. The molecule has 1 saturated carbocycles. The van der Waals surface area contributed by atoms with Gasteiger partial charge in [-0.1, -0.05) is 17.7 Å². The van der Waals surface area contributed by atoms with Crippen LogP contribution in [0.1, 0.15) is 30.9 Å². The summed E-state index contributed by atoms with van der Waals surface area (Å²) in [6.45, 7) is 3.81. The largest absolute Gasteiger partial charge is 0.327 e. The highest BCUT2D eigenvalue weighted by Gasteiger charge is 2.50. The molecule has 2 N–H and O–H groups in total. The van der Waals surface area contributed by atoms with Crippen LogP contribution in [-0.2, 0) is 5.41 Å². The maximum absolute atomic E-state index is 13.8. The van der Waals surface area contributed by atoms with E-state index in [1.54, 1.807) is 6.07 Å². The molecule has 1 atom stereocenters. The van der Waals surface area contributed by atoms with E-state index in [2.05, 4.69) is 0 Å². The predicted molar refractivity (Wildman–Crippen MR) is 60.7 cm³/mol. The summed E-state index contributed by atoms with van der Waals surface area (Å²) in [5.74, 6) is -0.222. The van der Waals surface area contributed by atoms with Crippen LogP contribution in [0.5, 0.6) is 0 Å². The number of rotatable bonds is 2. The Kier molecular flexibility index (Phi) is 2.52. The Morgan fingerprint density at radius 1 is 1.47 bits per heavy atom. The lowest BCUT2D eigenvalue weighted by Gasteiger charge is -2.22. The Bertz CT molecular complexity index is 397. The van der Waals surface area contributed by atoms with Gasteiger partial charge in [0.1, 0.15) is 5.82 Å². The summed E-state index contributed by atoms with van der Waals surface area (Å²) in [7, 11) is 0. The first-order valence-corrected chi connectivity index (χ1v) is 5.57. The number of aryl methyl sites for hydroxylation is 1. The highest BCUT2D eigenvalue weighted by molar-refractivity contribution is 6.32. The monoisotopic (exact) mass is 227 g/mol. The quantitative estimate of drug-likeness (QED) is 0.825. The summed E-state index contributed by atoms with van der Waals surface area (Å²) in [5.41, 5.74) is 7.25. The maximum Gasteiger partial charge on any atom is 0.128 e. The smallest absolute Gasteiger partial charge is 0.128 e. The normalized spacial score (nSPS) is 20.1. The van der Waals surface area contributed by atoms with Gasteiger partial charge in [0.25, 0.3) is 0 Å². The number of nitrogens with two attached hydrogens (primary N) is 1. The molecule has 1 nitrogen and oxygen atoms in total. The molecular formula is C12H15ClFN. The molecular weight excluding hydrogens is 213 g/mol. The van der Waals surface area contributed by atoms with Crippen LogP contribution in [0.25, 0.3) is 0 Å². The third kappa shape index (κ3) is 1.56. The van der Waals surface area contributed by atoms with Crippen LogP contribution in [0.15, 0.2) is 12.1 Å². The third-order valence-electron chi connectivity index (χ3n) is 3.44. The van der Waals surface area contributed by atoms with Gasteiger partial charge < -0.3 is 5.73 Å². The van der Waals surface area contributed by atoms with Gasteiger partial charge in [-0.15, -0.1) is 0 Å². The predicted octanol–water partition coefficient (Wildman–Crippen LogP) is 3.17. The van der Waals surface area contributed by atoms with Crippen molar-refractivity contribution in [2.75, 3.05) is 0 Å². The Hall–Kier alpha value is -0.600. The molecule has 0 amide bonds.